The number of aromatic amines is 1. The van der Waals surface area contributed by atoms with Crippen molar-refractivity contribution in [2.75, 3.05) is 19.0 Å². The summed E-state index contributed by atoms with van der Waals surface area (Å²) in [6, 6.07) is 1.96. The van der Waals surface area contributed by atoms with Crippen LogP contribution in [0.2, 0.25) is 0 Å². The van der Waals surface area contributed by atoms with E-state index in [-0.39, 0.29) is 5.54 Å². The van der Waals surface area contributed by atoms with Crippen LogP contribution in [0.5, 0.6) is 0 Å². The van der Waals surface area contributed by atoms with Gasteiger partial charge in [0.05, 0.1) is 11.2 Å². The highest BCUT2D eigenvalue weighted by Crippen LogP contribution is 2.17. The highest BCUT2D eigenvalue weighted by atomic mass is 15.2. The average Bonchev–Trinajstić information content (AvgIpc) is 2.30. The lowest BCUT2D eigenvalue weighted by Gasteiger charge is -2.15. The molecule has 4 nitrogen and oxygen atoms in total. The highest BCUT2D eigenvalue weighted by molar-refractivity contribution is 5.38. The number of anilines is 1. The van der Waals surface area contributed by atoms with Gasteiger partial charge in [0, 0.05) is 20.2 Å². The van der Waals surface area contributed by atoms with Crippen molar-refractivity contribution in [1.82, 2.24) is 10.2 Å². The van der Waals surface area contributed by atoms with Crippen LogP contribution in [0.1, 0.15) is 19.5 Å². The van der Waals surface area contributed by atoms with E-state index in [2.05, 4.69) is 10.2 Å². The molecular formula is C8H16N4. The van der Waals surface area contributed by atoms with Crippen molar-refractivity contribution < 1.29 is 0 Å². The molecule has 0 saturated heterocycles. The molecule has 0 bridgehead atoms. The third-order valence-corrected chi connectivity index (χ3v) is 1.72. The van der Waals surface area contributed by atoms with E-state index >= 15 is 0 Å². The summed E-state index contributed by atoms with van der Waals surface area (Å²) in [5, 5.41) is 7.01. The molecule has 12 heavy (non-hydrogen) atoms. The Bertz CT molecular complexity index is 256. The molecule has 0 aliphatic carbocycles. The standard InChI is InChI=1S/C8H16N4/c1-8(2,9)6-5-7(11-10-6)12(3)4/h5H,9H2,1-4H3,(H,10,11). The zero-order valence-corrected chi connectivity index (χ0v) is 8.05. The minimum absolute atomic E-state index is 0.346. The van der Waals surface area contributed by atoms with E-state index in [0.717, 1.165) is 11.5 Å². The summed E-state index contributed by atoms with van der Waals surface area (Å²) >= 11 is 0. The molecule has 1 rings (SSSR count). The average molecular weight is 168 g/mol. The first-order valence-corrected chi connectivity index (χ1v) is 3.93. The lowest BCUT2D eigenvalue weighted by atomic mass is 10.0. The van der Waals surface area contributed by atoms with Gasteiger partial charge in [0.15, 0.2) is 0 Å². The predicted octanol–water partition coefficient (Wildman–Crippen LogP) is 0.669. The number of hydrogen-bond donors (Lipinski definition) is 2. The largest absolute Gasteiger partial charge is 0.361 e. The minimum Gasteiger partial charge on any atom is -0.361 e. The molecule has 0 amide bonds. The van der Waals surface area contributed by atoms with Crippen LogP contribution in [0.3, 0.4) is 0 Å². The Morgan fingerprint density at radius 2 is 2.08 bits per heavy atom. The maximum Gasteiger partial charge on any atom is 0.150 e. The van der Waals surface area contributed by atoms with E-state index in [1.807, 2.05) is 38.9 Å². The molecule has 0 spiro atoms. The molecule has 1 aromatic heterocycles. The lowest BCUT2D eigenvalue weighted by molar-refractivity contribution is 0.533. The second-order valence-corrected chi connectivity index (χ2v) is 3.76. The molecule has 0 atom stereocenters. The van der Waals surface area contributed by atoms with E-state index in [1.54, 1.807) is 0 Å². The zero-order valence-electron chi connectivity index (χ0n) is 8.05. The number of aromatic nitrogens is 2. The quantitative estimate of drug-likeness (QED) is 0.682. The summed E-state index contributed by atoms with van der Waals surface area (Å²) in [7, 11) is 3.90. The molecule has 0 aliphatic rings. The summed E-state index contributed by atoms with van der Waals surface area (Å²) in [5.41, 5.74) is 6.48. The van der Waals surface area contributed by atoms with Crippen LogP contribution >= 0.6 is 0 Å². The van der Waals surface area contributed by atoms with Crippen molar-refractivity contribution in [3.05, 3.63) is 11.8 Å². The Hall–Kier alpha value is -1.03. The maximum atomic E-state index is 5.88. The van der Waals surface area contributed by atoms with Crippen molar-refractivity contribution >= 4 is 5.82 Å². The molecule has 0 fully saturated rings. The van der Waals surface area contributed by atoms with Crippen LogP contribution in [0.4, 0.5) is 5.82 Å². The van der Waals surface area contributed by atoms with Gasteiger partial charge in [-0.2, -0.15) is 5.10 Å². The van der Waals surface area contributed by atoms with Gasteiger partial charge in [-0.3, -0.25) is 5.10 Å². The zero-order chi connectivity index (χ0) is 9.35. The van der Waals surface area contributed by atoms with Gasteiger partial charge in [-0.1, -0.05) is 0 Å². The fraction of sp³-hybridized carbons (Fsp3) is 0.625. The van der Waals surface area contributed by atoms with E-state index in [1.165, 1.54) is 0 Å². The van der Waals surface area contributed by atoms with Crippen molar-refractivity contribution in [3.8, 4) is 0 Å². The highest BCUT2D eigenvalue weighted by Gasteiger charge is 2.17. The first-order valence-electron chi connectivity index (χ1n) is 3.93. The van der Waals surface area contributed by atoms with Crippen LogP contribution in [-0.4, -0.2) is 24.3 Å². The van der Waals surface area contributed by atoms with Gasteiger partial charge >= 0.3 is 0 Å². The van der Waals surface area contributed by atoms with E-state index in [9.17, 15) is 0 Å². The number of H-pyrrole nitrogens is 1. The molecule has 0 aromatic carbocycles. The summed E-state index contributed by atoms with van der Waals surface area (Å²) in [6.45, 7) is 3.89. The van der Waals surface area contributed by atoms with E-state index in [0.29, 0.717) is 0 Å². The molecule has 3 N–H and O–H groups in total. The molecule has 4 heteroatoms. The number of nitrogens with zero attached hydrogens (tertiary/aromatic N) is 2. The summed E-state index contributed by atoms with van der Waals surface area (Å²) in [5.74, 6) is 0.906. The lowest BCUT2D eigenvalue weighted by Crippen LogP contribution is -2.29. The van der Waals surface area contributed by atoms with Crippen LogP contribution < -0.4 is 10.6 Å². The fourth-order valence-electron chi connectivity index (χ4n) is 0.870. The number of nitrogens with one attached hydrogen (secondary N) is 1. The van der Waals surface area contributed by atoms with Crippen LogP contribution in [-0.2, 0) is 5.54 Å². The maximum absolute atomic E-state index is 5.88. The van der Waals surface area contributed by atoms with Crippen LogP contribution in [0.15, 0.2) is 6.07 Å². The van der Waals surface area contributed by atoms with Gasteiger partial charge in [0.1, 0.15) is 5.82 Å². The topological polar surface area (TPSA) is 57.9 Å². The van der Waals surface area contributed by atoms with Gasteiger partial charge < -0.3 is 10.6 Å². The van der Waals surface area contributed by atoms with Crippen LogP contribution in [0, 0.1) is 0 Å². The van der Waals surface area contributed by atoms with E-state index in [4.69, 9.17) is 5.73 Å². The SMILES string of the molecule is CN(C)c1cc(C(C)(C)N)[nH]n1. The monoisotopic (exact) mass is 168 g/mol. The summed E-state index contributed by atoms with van der Waals surface area (Å²) in [6.07, 6.45) is 0. The Morgan fingerprint density at radius 3 is 2.33 bits per heavy atom. The van der Waals surface area contributed by atoms with Crippen LogP contribution in [0.25, 0.3) is 0 Å². The first-order chi connectivity index (χ1) is 5.41. The molecule has 0 aliphatic heterocycles. The van der Waals surface area contributed by atoms with E-state index < -0.39 is 0 Å². The van der Waals surface area contributed by atoms with Gasteiger partial charge in [0.2, 0.25) is 0 Å². The number of hydrogen-bond acceptors (Lipinski definition) is 3. The van der Waals surface area contributed by atoms with Gasteiger partial charge in [-0.15, -0.1) is 0 Å². The summed E-state index contributed by atoms with van der Waals surface area (Å²) < 4.78 is 0. The Balaban J connectivity index is 2.92. The smallest absolute Gasteiger partial charge is 0.150 e. The minimum atomic E-state index is -0.346. The Labute approximate surface area is 72.8 Å². The molecule has 1 aromatic rings. The Morgan fingerprint density at radius 1 is 1.50 bits per heavy atom. The fourth-order valence-corrected chi connectivity index (χ4v) is 0.870. The molecule has 0 unspecified atom stereocenters. The van der Waals surface area contributed by atoms with Gasteiger partial charge in [-0.25, -0.2) is 0 Å². The normalized spacial score (nSPS) is 11.8. The molecule has 1 heterocycles. The third kappa shape index (κ3) is 1.76. The first kappa shape index (κ1) is 9.06. The number of rotatable bonds is 2. The molecule has 68 valence electrons. The van der Waals surface area contributed by atoms with Crippen molar-refractivity contribution in [2.24, 2.45) is 5.73 Å². The molecule has 0 radical (unpaired) electrons. The van der Waals surface area contributed by atoms with Gasteiger partial charge in [0.25, 0.3) is 0 Å². The third-order valence-electron chi connectivity index (χ3n) is 1.72. The second kappa shape index (κ2) is 2.79. The molecular weight excluding hydrogens is 152 g/mol. The number of nitrogens with two attached hydrogens (primary N) is 1. The summed E-state index contributed by atoms with van der Waals surface area (Å²) in [4.78, 5) is 1.94. The Kier molecular flexibility index (Phi) is 2.10. The molecule has 0 saturated carbocycles. The van der Waals surface area contributed by atoms with Gasteiger partial charge in [-0.05, 0) is 13.8 Å². The predicted molar refractivity (Wildman–Crippen MR) is 50.1 cm³/mol. The van der Waals surface area contributed by atoms with Crippen molar-refractivity contribution in [3.63, 3.8) is 0 Å². The van der Waals surface area contributed by atoms with Crippen molar-refractivity contribution in [2.45, 2.75) is 19.4 Å². The second-order valence-electron chi connectivity index (χ2n) is 3.76. The van der Waals surface area contributed by atoms with Crippen molar-refractivity contribution in [1.29, 1.82) is 0 Å².